The fourth-order valence-electron chi connectivity index (χ4n) is 4.79. The summed E-state index contributed by atoms with van der Waals surface area (Å²) >= 11 is 0. The molecule has 1 amide bonds. The van der Waals surface area contributed by atoms with Gasteiger partial charge in [-0.3, -0.25) is 9.20 Å². The minimum Gasteiger partial charge on any atom is -0.382 e. The largest absolute Gasteiger partial charge is 0.434 e. The monoisotopic (exact) mass is 495 g/mol. The summed E-state index contributed by atoms with van der Waals surface area (Å²) < 4.78 is 48.5. The van der Waals surface area contributed by atoms with Crippen molar-refractivity contribution >= 4 is 33.9 Å². The van der Waals surface area contributed by atoms with Crippen LogP contribution in [0.1, 0.15) is 38.8 Å². The molecule has 2 N–H and O–H groups in total. The molecule has 0 bridgehead atoms. The minimum atomic E-state index is -4.56. The number of amides is 1. The number of aryl methyl sites for hydroxylation is 1. The van der Waals surface area contributed by atoms with Crippen LogP contribution in [0.15, 0.2) is 43.1 Å². The van der Waals surface area contributed by atoms with Crippen molar-refractivity contribution in [3.8, 4) is 0 Å². The van der Waals surface area contributed by atoms with E-state index in [1.54, 1.807) is 47.1 Å². The molecule has 184 valence electrons. The number of aromatic nitrogens is 5. The lowest BCUT2D eigenvalue weighted by atomic mass is 9.98. The highest BCUT2D eigenvalue weighted by Gasteiger charge is 2.36. The number of benzene rings is 1. The number of hydrogen-bond donors (Lipinski definition) is 1. The number of anilines is 1. The number of halogens is 3. The van der Waals surface area contributed by atoms with E-state index in [2.05, 4.69) is 15.0 Å². The van der Waals surface area contributed by atoms with Gasteiger partial charge in [-0.2, -0.15) is 13.2 Å². The molecule has 1 aliphatic rings. The predicted octanol–water partition coefficient (Wildman–Crippen LogP) is 3.78. The number of fused-ring (bicyclic) bond motifs is 6. The molecule has 0 aliphatic carbocycles. The standard InChI is InChI=1S/C24H20F3N7O2/c1-12-5-16-17(34-11-29-7-18(34)21(28)30-16)6-14(12)23(35)32(2)19-10-36-9-15-13(19)3-4-33-8-20(24(25,26)27)31-22(15)33/h3-8,11,19H,9-10H2,1-2H3,(H2,28,30)/t19-/m0/s1. The van der Waals surface area contributed by atoms with Crippen LogP contribution in [0, 0.1) is 6.92 Å². The highest BCUT2D eigenvalue weighted by Crippen LogP contribution is 2.35. The molecule has 0 radical (unpaired) electrons. The fourth-order valence-corrected chi connectivity index (χ4v) is 4.79. The first kappa shape index (κ1) is 22.3. The van der Waals surface area contributed by atoms with Gasteiger partial charge in [0.15, 0.2) is 5.69 Å². The van der Waals surface area contributed by atoms with Crippen molar-refractivity contribution in [1.82, 2.24) is 28.7 Å². The Balaban J connectivity index is 1.41. The smallest absolute Gasteiger partial charge is 0.382 e. The average Bonchev–Trinajstić information content (AvgIpc) is 3.50. The first-order valence-electron chi connectivity index (χ1n) is 11.1. The van der Waals surface area contributed by atoms with Crippen molar-refractivity contribution in [2.75, 3.05) is 19.4 Å². The van der Waals surface area contributed by atoms with Crippen LogP contribution < -0.4 is 5.73 Å². The van der Waals surface area contributed by atoms with Gasteiger partial charge in [0.2, 0.25) is 0 Å². The number of ether oxygens (including phenoxy) is 1. The number of nitrogen functional groups attached to an aromatic ring is 1. The molecule has 1 atom stereocenters. The van der Waals surface area contributed by atoms with Gasteiger partial charge in [-0.1, -0.05) is 0 Å². The molecule has 0 saturated carbocycles. The zero-order chi connectivity index (χ0) is 25.4. The maximum absolute atomic E-state index is 13.7. The second kappa shape index (κ2) is 7.65. The predicted molar refractivity (Wildman–Crippen MR) is 124 cm³/mol. The Hall–Kier alpha value is -4.19. The molecule has 0 saturated heterocycles. The normalized spacial score (nSPS) is 16.1. The van der Waals surface area contributed by atoms with Gasteiger partial charge in [-0.15, -0.1) is 0 Å². The van der Waals surface area contributed by atoms with Crippen molar-refractivity contribution in [3.63, 3.8) is 0 Å². The Morgan fingerprint density at radius 3 is 2.83 bits per heavy atom. The van der Waals surface area contributed by atoms with Gasteiger partial charge in [0.05, 0.1) is 42.8 Å². The quantitative estimate of drug-likeness (QED) is 0.400. The first-order chi connectivity index (χ1) is 17.1. The Labute approximate surface area is 201 Å². The summed E-state index contributed by atoms with van der Waals surface area (Å²) in [6.45, 7) is 2.12. The number of alkyl halides is 3. The van der Waals surface area contributed by atoms with E-state index in [1.165, 1.54) is 10.6 Å². The molecule has 1 aliphatic heterocycles. The molecular weight excluding hydrogens is 475 g/mol. The second-order valence-electron chi connectivity index (χ2n) is 8.85. The third-order valence-electron chi connectivity index (χ3n) is 6.68. The lowest BCUT2D eigenvalue weighted by Gasteiger charge is -2.33. The van der Waals surface area contributed by atoms with E-state index < -0.39 is 17.9 Å². The Kier molecular flexibility index (Phi) is 4.74. The van der Waals surface area contributed by atoms with Gasteiger partial charge in [-0.25, -0.2) is 15.0 Å². The number of pyridine rings is 1. The van der Waals surface area contributed by atoms with Crippen LogP contribution in [-0.2, 0) is 17.5 Å². The third-order valence-corrected chi connectivity index (χ3v) is 6.68. The summed E-state index contributed by atoms with van der Waals surface area (Å²) in [5, 5.41) is 0. The summed E-state index contributed by atoms with van der Waals surface area (Å²) in [4.78, 5) is 27.6. The van der Waals surface area contributed by atoms with Gasteiger partial charge in [0, 0.05) is 30.6 Å². The topological polar surface area (TPSA) is 103 Å². The first-order valence-corrected chi connectivity index (χ1v) is 11.1. The van der Waals surface area contributed by atoms with Gasteiger partial charge >= 0.3 is 6.18 Å². The zero-order valence-electron chi connectivity index (χ0n) is 19.2. The Morgan fingerprint density at radius 1 is 1.25 bits per heavy atom. The van der Waals surface area contributed by atoms with Gasteiger partial charge < -0.3 is 19.8 Å². The number of carbonyl (C=O) groups is 1. The van der Waals surface area contributed by atoms with Gasteiger partial charge in [-0.05, 0) is 36.2 Å². The van der Waals surface area contributed by atoms with Crippen molar-refractivity contribution in [3.05, 3.63) is 71.1 Å². The van der Waals surface area contributed by atoms with Crippen molar-refractivity contribution in [1.29, 1.82) is 0 Å². The summed E-state index contributed by atoms with van der Waals surface area (Å²) in [7, 11) is 1.65. The van der Waals surface area contributed by atoms with Crippen LogP contribution >= 0.6 is 0 Å². The third kappa shape index (κ3) is 3.28. The van der Waals surface area contributed by atoms with E-state index in [9.17, 15) is 18.0 Å². The van der Waals surface area contributed by atoms with E-state index in [0.717, 1.165) is 6.20 Å². The molecular formula is C24H20F3N7O2. The van der Waals surface area contributed by atoms with E-state index in [4.69, 9.17) is 10.5 Å². The second-order valence-corrected chi connectivity index (χ2v) is 8.85. The molecule has 12 heteroatoms. The molecule has 36 heavy (non-hydrogen) atoms. The molecule has 9 nitrogen and oxygen atoms in total. The van der Waals surface area contributed by atoms with E-state index in [-0.39, 0.29) is 24.8 Å². The lowest BCUT2D eigenvalue weighted by Crippen LogP contribution is -2.36. The molecule has 0 unspecified atom stereocenters. The van der Waals surface area contributed by atoms with Crippen molar-refractivity contribution in [2.24, 2.45) is 0 Å². The highest BCUT2D eigenvalue weighted by atomic mass is 19.4. The van der Waals surface area contributed by atoms with E-state index in [1.807, 2.05) is 6.92 Å². The van der Waals surface area contributed by atoms with Crippen LogP contribution in [0.3, 0.4) is 0 Å². The Morgan fingerprint density at radius 2 is 2.06 bits per heavy atom. The lowest BCUT2D eigenvalue weighted by molar-refractivity contribution is -0.140. The SMILES string of the molecule is Cc1cc2nc(N)c3cncn3c2cc1C(=O)N(C)[C@H]1COCc2c1ccn1cc(C(F)(F)F)nc21. The van der Waals surface area contributed by atoms with Crippen LogP contribution in [0.2, 0.25) is 0 Å². The number of hydrogen-bond acceptors (Lipinski definition) is 6. The molecule has 0 fully saturated rings. The zero-order valence-corrected chi connectivity index (χ0v) is 19.2. The molecule has 1 aromatic carbocycles. The number of carbonyl (C=O) groups excluding carboxylic acids is 1. The number of likely N-dealkylation sites (N-methyl/N-ethyl adjacent to an activating group) is 1. The summed E-state index contributed by atoms with van der Waals surface area (Å²) in [5.41, 5.74) is 9.57. The summed E-state index contributed by atoms with van der Waals surface area (Å²) in [6, 6.07) is 4.76. The molecule has 5 aromatic rings. The maximum Gasteiger partial charge on any atom is 0.434 e. The van der Waals surface area contributed by atoms with Crippen LogP contribution in [-0.4, -0.2) is 48.2 Å². The van der Waals surface area contributed by atoms with Crippen molar-refractivity contribution in [2.45, 2.75) is 25.7 Å². The van der Waals surface area contributed by atoms with E-state index in [0.29, 0.717) is 44.6 Å². The molecule has 5 heterocycles. The Bertz CT molecular complexity index is 1690. The number of nitrogens with zero attached hydrogens (tertiary/aromatic N) is 6. The van der Waals surface area contributed by atoms with Crippen LogP contribution in [0.4, 0.5) is 19.0 Å². The number of imidazole rings is 2. The average molecular weight is 495 g/mol. The number of rotatable bonds is 2. The van der Waals surface area contributed by atoms with Gasteiger partial charge in [0.1, 0.15) is 17.0 Å². The summed E-state index contributed by atoms with van der Waals surface area (Å²) in [6.07, 6.45) is 1.13. The van der Waals surface area contributed by atoms with Crippen LogP contribution in [0.25, 0.3) is 22.2 Å². The molecule has 4 aromatic heterocycles. The van der Waals surface area contributed by atoms with Crippen LogP contribution in [0.5, 0.6) is 0 Å². The number of nitrogens with two attached hydrogens (primary N) is 1. The molecule has 6 rings (SSSR count). The van der Waals surface area contributed by atoms with E-state index >= 15 is 0 Å². The minimum absolute atomic E-state index is 0.104. The molecule has 0 spiro atoms. The highest BCUT2D eigenvalue weighted by molar-refractivity contribution is 6.00. The van der Waals surface area contributed by atoms with Crippen molar-refractivity contribution < 1.29 is 22.7 Å². The fraction of sp³-hybridized carbons (Fsp3) is 0.250. The maximum atomic E-state index is 13.7. The summed E-state index contributed by atoms with van der Waals surface area (Å²) in [5.74, 6) is 0.0747. The van der Waals surface area contributed by atoms with Gasteiger partial charge in [0.25, 0.3) is 5.91 Å².